The highest BCUT2D eigenvalue weighted by Crippen LogP contribution is 2.09. The van der Waals surface area contributed by atoms with E-state index in [4.69, 9.17) is 4.74 Å². The van der Waals surface area contributed by atoms with Crippen molar-refractivity contribution >= 4 is 11.9 Å². The lowest BCUT2D eigenvalue weighted by Gasteiger charge is -2.10. The van der Waals surface area contributed by atoms with Crippen molar-refractivity contribution in [2.45, 2.75) is 32.9 Å². The standard InChI is InChI=1S/C15H22N2O3/c1-11(2)17-14(18)8-9-16-10-12-6-4-5-7-13(12)15(19)20-3/h4-7,11,16H,8-10H2,1-3H3,(H,17,18). The molecule has 0 spiro atoms. The van der Waals surface area contributed by atoms with Crippen molar-refractivity contribution in [1.82, 2.24) is 10.6 Å². The number of nitrogens with one attached hydrogen (secondary N) is 2. The molecule has 1 aromatic carbocycles. The summed E-state index contributed by atoms with van der Waals surface area (Å²) in [5.41, 5.74) is 1.41. The summed E-state index contributed by atoms with van der Waals surface area (Å²) >= 11 is 0. The Morgan fingerprint density at radius 3 is 2.60 bits per heavy atom. The molecule has 0 saturated heterocycles. The zero-order chi connectivity index (χ0) is 15.0. The van der Waals surface area contributed by atoms with Crippen LogP contribution in [0.25, 0.3) is 0 Å². The number of methoxy groups -OCH3 is 1. The van der Waals surface area contributed by atoms with Crippen LogP contribution in [0.1, 0.15) is 36.2 Å². The summed E-state index contributed by atoms with van der Waals surface area (Å²) in [6.07, 6.45) is 0.415. The van der Waals surface area contributed by atoms with Crippen molar-refractivity contribution < 1.29 is 14.3 Å². The van der Waals surface area contributed by atoms with Crippen LogP contribution in [-0.2, 0) is 16.1 Å². The van der Waals surface area contributed by atoms with Gasteiger partial charge in [-0.3, -0.25) is 4.79 Å². The van der Waals surface area contributed by atoms with Gasteiger partial charge in [0.25, 0.3) is 0 Å². The van der Waals surface area contributed by atoms with Gasteiger partial charge < -0.3 is 15.4 Å². The van der Waals surface area contributed by atoms with Crippen molar-refractivity contribution in [3.05, 3.63) is 35.4 Å². The highest BCUT2D eigenvalue weighted by atomic mass is 16.5. The first-order valence-corrected chi connectivity index (χ1v) is 6.71. The maximum atomic E-state index is 11.6. The zero-order valence-electron chi connectivity index (χ0n) is 12.2. The Morgan fingerprint density at radius 1 is 1.25 bits per heavy atom. The Bertz CT molecular complexity index is 458. The summed E-state index contributed by atoms with van der Waals surface area (Å²) in [4.78, 5) is 23.0. The van der Waals surface area contributed by atoms with Crippen molar-refractivity contribution in [3.8, 4) is 0 Å². The van der Waals surface area contributed by atoms with Gasteiger partial charge in [-0.15, -0.1) is 0 Å². The average Bonchev–Trinajstić information content (AvgIpc) is 2.42. The van der Waals surface area contributed by atoms with E-state index in [1.165, 1.54) is 7.11 Å². The zero-order valence-corrected chi connectivity index (χ0v) is 12.2. The van der Waals surface area contributed by atoms with Crippen molar-refractivity contribution in [1.29, 1.82) is 0 Å². The van der Waals surface area contributed by atoms with Gasteiger partial charge in [-0.1, -0.05) is 18.2 Å². The Balaban J connectivity index is 2.43. The first-order chi connectivity index (χ1) is 9.54. The first-order valence-electron chi connectivity index (χ1n) is 6.71. The van der Waals surface area contributed by atoms with E-state index < -0.39 is 0 Å². The molecule has 0 atom stereocenters. The van der Waals surface area contributed by atoms with Crippen molar-refractivity contribution in [2.24, 2.45) is 0 Å². The van der Waals surface area contributed by atoms with E-state index in [9.17, 15) is 9.59 Å². The molecule has 0 unspecified atom stereocenters. The second-order valence-electron chi connectivity index (χ2n) is 4.80. The van der Waals surface area contributed by atoms with Crippen LogP contribution in [0, 0.1) is 0 Å². The van der Waals surface area contributed by atoms with E-state index in [2.05, 4.69) is 10.6 Å². The smallest absolute Gasteiger partial charge is 0.338 e. The number of amides is 1. The maximum absolute atomic E-state index is 11.6. The summed E-state index contributed by atoms with van der Waals surface area (Å²) in [5.74, 6) is -0.325. The van der Waals surface area contributed by atoms with Crippen LogP contribution in [0.15, 0.2) is 24.3 Å². The molecule has 110 valence electrons. The fraction of sp³-hybridized carbons (Fsp3) is 0.467. The van der Waals surface area contributed by atoms with Gasteiger partial charge in [0.05, 0.1) is 12.7 Å². The summed E-state index contributed by atoms with van der Waals surface area (Å²) in [6.45, 7) is 4.95. The van der Waals surface area contributed by atoms with Crippen LogP contribution in [0.3, 0.4) is 0 Å². The third kappa shape index (κ3) is 5.40. The van der Waals surface area contributed by atoms with E-state index in [1.807, 2.05) is 26.0 Å². The molecule has 2 N–H and O–H groups in total. The molecule has 0 aliphatic rings. The van der Waals surface area contributed by atoms with Crippen LogP contribution in [0.4, 0.5) is 0 Å². The molecule has 0 bridgehead atoms. The lowest BCUT2D eigenvalue weighted by atomic mass is 10.1. The molecule has 0 aliphatic heterocycles. The lowest BCUT2D eigenvalue weighted by Crippen LogP contribution is -2.32. The predicted molar refractivity (Wildman–Crippen MR) is 77.4 cm³/mol. The Labute approximate surface area is 119 Å². The molecule has 0 saturated carbocycles. The number of rotatable bonds is 7. The van der Waals surface area contributed by atoms with Gasteiger partial charge in [-0.2, -0.15) is 0 Å². The summed E-state index contributed by atoms with van der Waals surface area (Å²) in [6, 6.07) is 7.42. The molecule has 1 rings (SSSR count). The van der Waals surface area contributed by atoms with Gasteiger partial charge in [0.2, 0.25) is 5.91 Å². The van der Waals surface area contributed by atoms with Gasteiger partial charge >= 0.3 is 5.97 Å². The number of carbonyl (C=O) groups is 2. The molecule has 20 heavy (non-hydrogen) atoms. The number of esters is 1. The van der Waals surface area contributed by atoms with Crippen LogP contribution in [-0.4, -0.2) is 31.6 Å². The second-order valence-corrected chi connectivity index (χ2v) is 4.80. The van der Waals surface area contributed by atoms with E-state index in [0.29, 0.717) is 25.1 Å². The van der Waals surface area contributed by atoms with E-state index in [-0.39, 0.29) is 17.9 Å². The average molecular weight is 278 g/mol. The number of ether oxygens (including phenoxy) is 1. The largest absolute Gasteiger partial charge is 0.465 e. The molecular formula is C15H22N2O3. The highest BCUT2D eigenvalue weighted by molar-refractivity contribution is 5.90. The van der Waals surface area contributed by atoms with Gasteiger partial charge in [0.15, 0.2) is 0 Å². The fourth-order valence-electron chi connectivity index (χ4n) is 1.80. The fourth-order valence-corrected chi connectivity index (χ4v) is 1.80. The van der Waals surface area contributed by atoms with Gasteiger partial charge in [-0.05, 0) is 25.5 Å². The maximum Gasteiger partial charge on any atom is 0.338 e. The minimum absolute atomic E-state index is 0.0220. The predicted octanol–water partition coefficient (Wildman–Crippen LogP) is 1.48. The van der Waals surface area contributed by atoms with Crippen molar-refractivity contribution in [2.75, 3.05) is 13.7 Å². The Kier molecular flexibility index (Phi) is 6.73. The minimum atomic E-state index is -0.347. The monoisotopic (exact) mass is 278 g/mol. The number of carbonyl (C=O) groups excluding carboxylic acids is 2. The summed E-state index contributed by atoms with van der Waals surface area (Å²) in [7, 11) is 1.36. The third-order valence-corrected chi connectivity index (χ3v) is 2.72. The summed E-state index contributed by atoms with van der Waals surface area (Å²) < 4.78 is 4.73. The number of benzene rings is 1. The van der Waals surface area contributed by atoms with Gasteiger partial charge in [-0.25, -0.2) is 4.79 Å². The van der Waals surface area contributed by atoms with Gasteiger partial charge in [0, 0.05) is 25.6 Å². The first kappa shape index (κ1) is 16.2. The van der Waals surface area contributed by atoms with Crippen LogP contribution >= 0.6 is 0 Å². The van der Waals surface area contributed by atoms with E-state index in [0.717, 1.165) is 5.56 Å². The molecule has 5 nitrogen and oxygen atoms in total. The molecule has 5 heteroatoms. The molecule has 0 heterocycles. The second kappa shape index (κ2) is 8.32. The van der Waals surface area contributed by atoms with Crippen LogP contribution in [0.2, 0.25) is 0 Å². The molecule has 0 radical (unpaired) electrons. The quantitative estimate of drug-likeness (QED) is 0.585. The molecule has 1 amide bonds. The van der Waals surface area contributed by atoms with Crippen LogP contribution < -0.4 is 10.6 Å². The van der Waals surface area contributed by atoms with E-state index in [1.54, 1.807) is 12.1 Å². The molecule has 0 aliphatic carbocycles. The lowest BCUT2D eigenvalue weighted by molar-refractivity contribution is -0.121. The highest BCUT2D eigenvalue weighted by Gasteiger charge is 2.10. The summed E-state index contributed by atoms with van der Waals surface area (Å²) in [5, 5.41) is 5.98. The molecule has 0 fully saturated rings. The molecule has 1 aromatic rings. The van der Waals surface area contributed by atoms with E-state index >= 15 is 0 Å². The third-order valence-electron chi connectivity index (χ3n) is 2.72. The minimum Gasteiger partial charge on any atom is -0.465 e. The molecule has 0 aromatic heterocycles. The normalized spacial score (nSPS) is 10.4. The van der Waals surface area contributed by atoms with Crippen LogP contribution in [0.5, 0.6) is 0 Å². The van der Waals surface area contributed by atoms with Gasteiger partial charge in [0.1, 0.15) is 0 Å². The topological polar surface area (TPSA) is 67.4 Å². The Morgan fingerprint density at radius 2 is 1.95 bits per heavy atom. The SMILES string of the molecule is COC(=O)c1ccccc1CNCCC(=O)NC(C)C. The molecular weight excluding hydrogens is 256 g/mol. The number of hydrogen-bond donors (Lipinski definition) is 2. The Hall–Kier alpha value is -1.88. The van der Waals surface area contributed by atoms with Crippen molar-refractivity contribution in [3.63, 3.8) is 0 Å². The number of hydrogen-bond acceptors (Lipinski definition) is 4.